The Morgan fingerprint density at radius 1 is 0.774 bits per heavy atom. The van der Waals surface area contributed by atoms with E-state index in [4.69, 9.17) is 4.98 Å². The van der Waals surface area contributed by atoms with Gasteiger partial charge in [-0.1, -0.05) is 136 Å². The Bertz CT molecular complexity index is 2140. The largest absolute Gasteiger partial charge is 0.512 e. The molecule has 5 heteroatoms. The van der Waals surface area contributed by atoms with Crippen LogP contribution in [0.15, 0.2) is 82.4 Å². The Kier molecular flexibility index (Phi) is 13.2. The maximum absolute atomic E-state index is 12.2. The quantitative estimate of drug-likeness (QED) is 0.0680. The van der Waals surface area contributed by atoms with Gasteiger partial charge in [0.05, 0.1) is 0 Å². The average molecular weight is 907 g/mol. The number of aliphatic hydroxyl groups is 1. The minimum Gasteiger partial charge on any atom is -0.512 e. The van der Waals surface area contributed by atoms with Crippen molar-refractivity contribution in [3.63, 3.8) is 0 Å². The van der Waals surface area contributed by atoms with E-state index in [0.717, 1.165) is 49.8 Å². The van der Waals surface area contributed by atoms with E-state index in [9.17, 15) is 9.90 Å². The average Bonchev–Trinajstić information content (AvgIpc) is 3.10. The van der Waals surface area contributed by atoms with E-state index in [1.54, 1.807) is 0 Å². The zero-order valence-corrected chi connectivity index (χ0v) is 37.3. The predicted molar refractivity (Wildman–Crippen MR) is 225 cm³/mol. The second kappa shape index (κ2) is 16.4. The van der Waals surface area contributed by atoms with Gasteiger partial charge in [-0.3, -0.25) is 9.78 Å². The van der Waals surface area contributed by atoms with Crippen molar-refractivity contribution in [1.82, 2.24) is 4.98 Å². The molecule has 285 valence electrons. The second-order valence-corrected chi connectivity index (χ2v) is 18.9. The van der Waals surface area contributed by atoms with Crippen molar-refractivity contribution in [3.8, 4) is 11.3 Å². The summed E-state index contributed by atoms with van der Waals surface area (Å²) in [5.74, 6) is 0.286. The van der Waals surface area contributed by atoms with Gasteiger partial charge in [-0.2, -0.15) is 0 Å². The molecule has 0 fully saturated rings. The van der Waals surface area contributed by atoms with Gasteiger partial charge >= 0.3 is 0 Å². The van der Waals surface area contributed by atoms with Crippen LogP contribution in [0.4, 0.5) is 0 Å². The van der Waals surface area contributed by atoms with Gasteiger partial charge in [0.25, 0.3) is 0 Å². The number of nitrogens with zero attached hydrogens (tertiary/aromatic N) is 1. The molecule has 0 bridgehead atoms. The molecule has 1 aliphatic rings. The fourth-order valence-corrected chi connectivity index (χ4v) is 8.49. The molecule has 1 aromatic heterocycles. The number of carbonyl (C=O) groups is 1. The predicted octanol–water partition coefficient (Wildman–Crippen LogP) is 14.3. The first kappa shape index (κ1) is 42.8. The number of aliphatic hydroxyl groups excluding tert-OH is 1. The van der Waals surface area contributed by atoms with E-state index in [-0.39, 0.29) is 53.3 Å². The van der Waals surface area contributed by atoms with Crippen molar-refractivity contribution < 1.29 is 30.0 Å². The minimum atomic E-state index is -0.337. The summed E-state index contributed by atoms with van der Waals surface area (Å²) >= 11 is 1.92. The van der Waals surface area contributed by atoms with Crippen LogP contribution in [-0.2, 0) is 37.7 Å². The smallest absolute Gasteiger partial charge is 0.164 e. The monoisotopic (exact) mass is 907 g/mol. The van der Waals surface area contributed by atoms with Crippen molar-refractivity contribution in [2.45, 2.75) is 131 Å². The Morgan fingerprint density at radius 2 is 1.40 bits per heavy atom. The van der Waals surface area contributed by atoms with Crippen LogP contribution in [0.2, 0.25) is 0 Å². The van der Waals surface area contributed by atoms with E-state index in [2.05, 4.69) is 102 Å². The maximum atomic E-state index is 12.2. The minimum absolute atomic E-state index is 0. The molecule has 1 aliphatic heterocycles. The number of aromatic nitrogens is 1. The number of benzene rings is 4. The number of pyridine rings is 1. The number of fused-ring (bicyclic) bond motifs is 5. The van der Waals surface area contributed by atoms with Crippen LogP contribution < -0.4 is 0 Å². The molecule has 1 N–H and O–H groups in total. The maximum Gasteiger partial charge on any atom is 0.164 e. The summed E-state index contributed by atoms with van der Waals surface area (Å²) in [6.45, 7) is 26.0. The van der Waals surface area contributed by atoms with E-state index in [1.807, 2.05) is 59.5 Å². The summed E-state index contributed by atoms with van der Waals surface area (Å²) in [6.07, 6.45) is 8.83. The first-order valence-electron chi connectivity index (χ1n) is 19.3. The van der Waals surface area contributed by atoms with Gasteiger partial charge in [0.1, 0.15) is 5.76 Å². The normalized spacial score (nSPS) is 13.4. The van der Waals surface area contributed by atoms with Gasteiger partial charge in [0.2, 0.25) is 0 Å². The molecule has 0 saturated heterocycles. The molecule has 0 atom stereocenters. The van der Waals surface area contributed by atoms with Crippen molar-refractivity contribution in [2.75, 3.05) is 0 Å². The number of ketones is 1. The van der Waals surface area contributed by atoms with Gasteiger partial charge in [-0.25, -0.2) is 0 Å². The molecule has 0 aliphatic carbocycles. The van der Waals surface area contributed by atoms with Crippen molar-refractivity contribution in [2.24, 2.45) is 21.7 Å². The number of hydrogen-bond donors (Lipinski definition) is 1. The van der Waals surface area contributed by atoms with Gasteiger partial charge in [-0.15, -0.1) is 29.3 Å². The Hall–Kier alpha value is -2.98. The first-order valence-corrected chi connectivity index (χ1v) is 20.1. The van der Waals surface area contributed by atoms with Crippen molar-refractivity contribution in [3.05, 3.63) is 89.8 Å². The fraction of sp³-hybridized carbons (Fsp3) is 0.458. The third-order valence-electron chi connectivity index (χ3n) is 11.4. The molecule has 3 nitrogen and oxygen atoms in total. The third kappa shape index (κ3) is 9.12. The summed E-state index contributed by atoms with van der Waals surface area (Å²) in [5.41, 5.74) is 4.92. The summed E-state index contributed by atoms with van der Waals surface area (Å²) in [4.78, 5) is 19.8. The second-order valence-electron chi connectivity index (χ2n) is 17.9. The number of rotatable bonds is 9. The van der Waals surface area contributed by atoms with E-state index in [0.29, 0.717) is 0 Å². The molecule has 0 saturated carbocycles. The molecular formula is C48H60IrNO2S-. The molecule has 4 aromatic carbocycles. The van der Waals surface area contributed by atoms with Crippen LogP contribution in [0.5, 0.6) is 0 Å². The zero-order chi connectivity index (χ0) is 38.2. The van der Waals surface area contributed by atoms with Gasteiger partial charge in [0, 0.05) is 53.8 Å². The molecule has 5 aromatic rings. The van der Waals surface area contributed by atoms with Gasteiger partial charge < -0.3 is 5.11 Å². The molecule has 0 unspecified atom stereocenters. The van der Waals surface area contributed by atoms with Crippen LogP contribution in [0.25, 0.3) is 43.6 Å². The third-order valence-corrected chi connectivity index (χ3v) is 12.6. The standard InChI is InChI=1S/C33H32NS.C15H28O2.Ir/c1-32(2,3)18-20-11-12-24-22(15-20)17-28-29-25(24)13-14-34-30(29)26-16-21-9-7-8-10-23(21)27(31(26)35-28)19-33(4,5)6;1-7-14(5,8-2)12(16)11-13(17)15(6,9-3)10-4;/h7-15,17H,18-19H2,1-6H3;11,16H,7-10H2,1-6H3;/q-1;;/b;12-11-;. The van der Waals surface area contributed by atoms with Crippen LogP contribution in [0.3, 0.4) is 0 Å². The van der Waals surface area contributed by atoms with E-state index in [1.165, 1.54) is 59.3 Å². The topological polar surface area (TPSA) is 50.2 Å². The Morgan fingerprint density at radius 3 is 2.00 bits per heavy atom. The molecule has 0 amide bonds. The van der Waals surface area contributed by atoms with Crippen molar-refractivity contribution in [1.29, 1.82) is 0 Å². The van der Waals surface area contributed by atoms with E-state index >= 15 is 0 Å². The molecule has 1 radical (unpaired) electrons. The van der Waals surface area contributed by atoms with Crippen LogP contribution in [0, 0.1) is 27.7 Å². The van der Waals surface area contributed by atoms with Crippen molar-refractivity contribution >= 4 is 49.9 Å². The van der Waals surface area contributed by atoms with Crippen LogP contribution in [0.1, 0.15) is 120 Å². The van der Waals surface area contributed by atoms with Gasteiger partial charge in [0.15, 0.2) is 5.78 Å². The molecular weight excluding hydrogens is 847 g/mol. The van der Waals surface area contributed by atoms with Crippen LogP contribution in [-0.4, -0.2) is 15.9 Å². The van der Waals surface area contributed by atoms with Gasteiger partial charge in [-0.05, 0) is 93.5 Å². The number of allylic oxidation sites excluding steroid dienone is 2. The number of carbonyl (C=O) groups excluding carboxylic acids is 1. The van der Waals surface area contributed by atoms with E-state index < -0.39 is 0 Å². The summed E-state index contributed by atoms with van der Waals surface area (Å²) < 4.78 is 0. The Labute approximate surface area is 337 Å². The summed E-state index contributed by atoms with van der Waals surface area (Å²) in [5, 5.41) is 17.8. The Balaban J connectivity index is 0.000000299. The van der Waals surface area contributed by atoms with Crippen LogP contribution >= 0.6 is 11.8 Å². The molecule has 2 heterocycles. The molecule has 53 heavy (non-hydrogen) atoms. The zero-order valence-electron chi connectivity index (χ0n) is 34.1. The number of hydrogen-bond acceptors (Lipinski definition) is 4. The molecule has 6 rings (SSSR count). The fourth-order valence-electron chi connectivity index (χ4n) is 7.22. The SMILES string of the molecule is CC(C)(C)Cc1ccc2c(c1)cc1c3c(nccc32)-c2[c-]c3ccccc3c(CC(C)(C)C)c2S1.CCC(C)(CC)C(=O)/C=C(\O)C(C)(CC)CC.[Ir]. The summed E-state index contributed by atoms with van der Waals surface area (Å²) in [7, 11) is 0. The summed E-state index contributed by atoms with van der Waals surface area (Å²) in [6, 6.07) is 24.1. The molecule has 0 spiro atoms. The first-order chi connectivity index (χ1) is 24.4.